The lowest BCUT2D eigenvalue weighted by Gasteiger charge is -2.04. The monoisotopic (exact) mass is 321 g/mol. The van der Waals surface area contributed by atoms with Gasteiger partial charge in [0.2, 0.25) is 0 Å². The maximum Gasteiger partial charge on any atom is 0.408 e. The Labute approximate surface area is 108 Å². The molecule has 0 atom stereocenters. The van der Waals surface area contributed by atoms with Crippen LogP contribution in [0.2, 0.25) is 0 Å². The molecule has 0 saturated heterocycles. The van der Waals surface area contributed by atoms with Crippen LogP contribution in [0.25, 0.3) is 5.69 Å². The van der Waals surface area contributed by atoms with Gasteiger partial charge in [-0.15, -0.1) is 0 Å². The van der Waals surface area contributed by atoms with Crippen molar-refractivity contribution in [3.8, 4) is 5.69 Å². The molecule has 1 heterocycles. The first-order chi connectivity index (χ1) is 8.37. The zero-order valence-corrected chi connectivity index (χ0v) is 10.4. The molecule has 2 rings (SSSR count). The minimum absolute atomic E-state index is 0.377. The smallest absolute Gasteiger partial charge is 0.250 e. The van der Waals surface area contributed by atoms with E-state index >= 15 is 0 Å². The van der Waals surface area contributed by atoms with Crippen LogP contribution in [0.1, 0.15) is 0 Å². The molecule has 0 spiro atoms. The second-order valence-electron chi connectivity index (χ2n) is 3.53. The number of aromatic nitrogens is 3. The third kappa shape index (κ3) is 2.81. The molecule has 0 radical (unpaired) electrons. The van der Waals surface area contributed by atoms with Gasteiger partial charge in [-0.05, 0) is 24.3 Å². The summed E-state index contributed by atoms with van der Waals surface area (Å²) in [4.78, 5) is 11.7. The van der Waals surface area contributed by atoms with Gasteiger partial charge in [-0.2, -0.15) is 18.3 Å². The highest BCUT2D eigenvalue weighted by atomic mass is 79.9. The number of hydrogen-bond donors (Lipinski definition) is 0. The van der Waals surface area contributed by atoms with Crippen LogP contribution in [0.15, 0.2) is 39.9 Å². The van der Waals surface area contributed by atoms with Gasteiger partial charge in [0.15, 0.2) is 0 Å². The summed E-state index contributed by atoms with van der Waals surface area (Å²) in [6.45, 7) is -1.39. The molecule has 1 aromatic carbocycles. The maximum absolute atomic E-state index is 12.2. The highest BCUT2D eigenvalue weighted by Gasteiger charge is 2.29. The first-order valence-electron chi connectivity index (χ1n) is 4.84. The van der Waals surface area contributed by atoms with Gasteiger partial charge in [0, 0.05) is 4.47 Å². The van der Waals surface area contributed by atoms with E-state index in [0.717, 1.165) is 15.4 Å². The molecule has 0 saturated carbocycles. The van der Waals surface area contributed by atoms with Crippen molar-refractivity contribution in [2.24, 2.45) is 0 Å². The molecule has 0 unspecified atom stereocenters. The SMILES string of the molecule is O=c1n(-c2ccc(Br)cc2)cnn1CC(F)(F)F. The minimum atomic E-state index is -4.47. The molecule has 0 aliphatic heterocycles. The second kappa shape index (κ2) is 4.60. The molecule has 4 nitrogen and oxygen atoms in total. The average Bonchev–Trinajstić information content (AvgIpc) is 2.60. The van der Waals surface area contributed by atoms with Crippen molar-refractivity contribution in [2.45, 2.75) is 12.7 Å². The van der Waals surface area contributed by atoms with Crippen molar-refractivity contribution < 1.29 is 13.2 Å². The predicted octanol–water partition coefficient (Wildman–Crippen LogP) is 2.36. The van der Waals surface area contributed by atoms with Crippen molar-refractivity contribution >= 4 is 15.9 Å². The zero-order chi connectivity index (χ0) is 13.3. The molecule has 0 amide bonds. The summed E-state index contributed by atoms with van der Waals surface area (Å²) >= 11 is 3.22. The average molecular weight is 322 g/mol. The second-order valence-corrected chi connectivity index (χ2v) is 4.45. The summed E-state index contributed by atoms with van der Waals surface area (Å²) in [5, 5.41) is 3.44. The molecule has 0 aliphatic carbocycles. The summed E-state index contributed by atoms with van der Waals surface area (Å²) in [5.74, 6) is 0. The molecule has 0 bridgehead atoms. The lowest BCUT2D eigenvalue weighted by atomic mass is 10.3. The van der Waals surface area contributed by atoms with Crippen LogP contribution in [-0.4, -0.2) is 20.5 Å². The van der Waals surface area contributed by atoms with Crippen LogP contribution in [0.5, 0.6) is 0 Å². The standard InChI is InChI=1S/C10H7BrF3N3O/c11-7-1-3-8(4-2-7)16-6-15-17(9(16)18)5-10(12,13)14/h1-4,6H,5H2. The normalized spacial score (nSPS) is 11.8. The Bertz CT molecular complexity index is 600. The van der Waals surface area contributed by atoms with E-state index in [1.54, 1.807) is 24.3 Å². The van der Waals surface area contributed by atoms with E-state index in [9.17, 15) is 18.0 Å². The van der Waals surface area contributed by atoms with Crippen molar-refractivity contribution in [1.82, 2.24) is 14.3 Å². The fraction of sp³-hybridized carbons (Fsp3) is 0.200. The van der Waals surface area contributed by atoms with Crippen LogP contribution in [0.3, 0.4) is 0 Å². The Kier molecular flexibility index (Phi) is 3.29. The number of alkyl halides is 3. The molecular weight excluding hydrogens is 315 g/mol. The Morgan fingerprint density at radius 3 is 2.39 bits per heavy atom. The highest BCUT2D eigenvalue weighted by Crippen LogP contribution is 2.16. The van der Waals surface area contributed by atoms with E-state index in [0.29, 0.717) is 10.4 Å². The van der Waals surface area contributed by atoms with Gasteiger partial charge < -0.3 is 0 Å². The van der Waals surface area contributed by atoms with Crippen LogP contribution in [0, 0.1) is 0 Å². The fourth-order valence-electron chi connectivity index (χ4n) is 1.39. The molecule has 0 fully saturated rings. The van der Waals surface area contributed by atoms with Crippen molar-refractivity contribution in [2.75, 3.05) is 0 Å². The molecule has 0 aliphatic rings. The number of nitrogens with zero attached hydrogens (tertiary/aromatic N) is 3. The molecule has 0 N–H and O–H groups in total. The number of benzene rings is 1. The van der Waals surface area contributed by atoms with Gasteiger partial charge in [-0.1, -0.05) is 15.9 Å². The Morgan fingerprint density at radius 2 is 1.83 bits per heavy atom. The number of halogens is 4. The quantitative estimate of drug-likeness (QED) is 0.852. The van der Waals surface area contributed by atoms with Crippen LogP contribution in [0.4, 0.5) is 13.2 Å². The summed E-state index contributed by atoms with van der Waals surface area (Å²) in [6.07, 6.45) is -3.40. The van der Waals surface area contributed by atoms with Crippen molar-refractivity contribution in [3.05, 3.63) is 45.5 Å². The zero-order valence-electron chi connectivity index (χ0n) is 8.86. The molecule has 1 aromatic heterocycles. The summed E-state index contributed by atoms with van der Waals surface area (Å²) in [5.41, 5.74) is -0.369. The lowest BCUT2D eigenvalue weighted by molar-refractivity contribution is -0.143. The van der Waals surface area contributed by atoms with Gasteiger partial charge in [0.25, 0.3) is 0 Å². The van der Waals surface area contributed by atoms with Gasteiger partial charge in [0.05, 0.1) is 5.69 Å². The summed E-state index contributed by atoms with van der Waals surface area (Å²) in [6, 6.07) is 6.57. The van der Waals surface area contributed by atoms with E-state index < -0.39 is 18.4 Å². The molecular formula is C10H7BrF3N3O. The lowest BCUT2D eigenvalue weighted by Crippen LogP contribution is -2.30. The van der Waals surface area contributed by atoms with Crippen LogP contribution in [-0.2, 0) is 6.54 Å². The van der Waals surface area contributed by atoms with E-state index in [-0.39, 0.29) is 0 Å². The number of hydrogen-bond acceptors (Lipinski definition) is 2. The highest BCUT2D eigenvalue weighted by molar-refractivity contribution is 9.10. The Hall–Kier alpha value is -1.57. The molecule has 8 heteroatoms. The van der Waals surface area contributed by atoms with E-state index in [4.69, 9.17) is 0 Å². The summed E-state index contributed by atoms with van der Waals surface area (Å²) in [7, 11) is 0. The number of rotatable bonds is 2. The first kappa shape index (κ1) is 12.9. The van der Waals surface area contributed by atoms with Crippen LogP contribution < -0.4 is 5.69 Å². The van der Waals surface area contributed by atoms with Crippen molar-refractivity contribution in [1.29, 1.82) is 0 Å². The van der Waals surface area contributed by atoms with Gasteiger partial charge in [0.1, 0.15) is 12.9 Å². The maximum atomic E-state index is 12.2. The molecule has 96 valence electrons. The van der Waals surface area contributed by atoms with E-state index in [1.165, 1.54) is 0 Å². The van der Waals surface area contributed by atoms with Gasteiger partial charge >= 0.3 is 11.9 Å². The molecule has 18 heavy (non-hydrogen) atoms. The Morgan fingerprint density at radius 1 is 1.22 bits per heavy atom. The largest absolute Gasteiger partial charge is 0.408 e. The Balaban J connectivity index is 2.37. The topological polar surface area (TPSA) is 39.8 Å². The molecule has 2 aromatic rings. The van der Waals surface area contributed by atoms with Gasteiger partial charge in [-0.25, -0.2) is 14.0 Å². The summed E-state index contributed by atoms with van der Waals surface area (Å²) < 4.78 is 38.8. The minimum Gasteiger partial charge on any atom is -0.250 e. The van der Waals surface area contributed by atoms with Crippen LogP contribution >= 0.6 is 15.9 Å². The van der Waals surface area contributed by atoms with Crippen molar-refractivity contribution in [3.63, 3.8) is 0 Å². The van der Waals surface area contributed by atoms with E-state index in [1.807, 2.05) is 0 Å². The fourth-order valence-corrected chi connectivity index (χ4v) is 1.66. The van der Waals surface area contributed by atoms with Gasteiger partial charge in [-0.3, -0.25) is 0 Å². The first-order valence-corrected chi connectivity index (χ1v) is 5.63. The third-order valence-corrected chi connectivity index (χ3v) is 2.70. The predicted molar refractivity (Wildman–Crippen MR) is 61.6 cm³/mol. The third-order valence-electron chi connectivity index (χ3n) is 2.17. The van der Waals surface area contributed by atoms with E-state index in [2.05, 4.69) is 21.0 Å².